The van der Waals surface area contributed by atoms with E-state index < -0.39 is 12.1 Å². The molecule has 0 saturated carbocycles. The van der Waals surface area contributed by atoms with E-state index in [4.69, 9.17) is 14.6 Å². The standard InChI is InChI=1S/C25H26N4O6/c1-29-21(24(31)32)14-22(28-29)27-23(30)10-12-34-13-11-26-25(33)35-15-20-18-8-4-2-6-16(18)17-7-3-5-9-19(17)20/h2-9,14,20H,10-13,15H2,1H3,(H,26,33)(H,31,32)(H,27,28,30). The predicted octanol–water partition coefficient (Wildman–Crippen LogP) is 3.00. The Bertz CT molecular complexity index is 1190. The van der Waals surface area contributed by atoms with E-state index in [-0.39, 0.29) is 56.1 Å². The summed E-state index contributed by atoms with van der Waals surface area (Å²) in [6.45, 7) is 0.819. The number of aromatic nitrogens is 2. The van der Waals surface area contributed by atoms with Gasteiger partial charge in [-0.25, -0.2) is 9.59 Å². The zero-order chi connectivity index (χ0) is 24.8. The molecule has 182 valence electrons. The van der Waals surface area contributed by atoms with Crippen LogP contribution in [0.1, 0.15) is 34.0 Å². The van der Waals surface area contributed by atoms with Crippen LogP contribution in [0.15, 0.2) is 54.6 Å². The number of rotatable bonds is 10. The minimum atomic E-state index is -1.13. The number of ether oxygens (including phenoxy) is 2. The maximum atomic E-state index is 12.1. The van der Waals surface area contributed by atoms with Crippen molar-refractivity contribution in [3.8, 4) is 11.1 Å². The van der Waals surface area contributed by atoms with Crippen LogP contribution in [0.2, 0.25) is 0 Å². The van der Waals surface area contributed by atoms with Crippen molar-refractivity contribution in [1.29, 1.82) is 0 Å². The minimum absolute atomic E-state index is 0.00593. The maximum absolute atomic E-state index is 12.1. The summed E-state index contributed by atoms with van der Waals surface area (Å²) in [5, 5.41) is 18.1. The first-order chi connectivity index (χ1) is 16.9. The number of carbonyl (C=O) groups is 3. The quantitative estimate of drug-likeness (QED) is 0.382. The fraction of sp³-hybridized carbons (Fsp3) is 0.280. The van der Waals surface area contributed by atoms with Crippen molar-refractivity contribution in [2.45, 2.75) is 12.3 Å². The van der Waals surface area contributed by atoms with Gasteiger partial charge in [-0.2, -0.15) is 5.10 Å². The fourth-order valence-electron chi connectivity index (χ4n) is 4.08. The lowest BCUT2D eigenvalue weighted by atomic mass is 9.98. The van der Waals surface area contributed by atoms with Gasteiger partial charge < -0.3 is 25.2 Å². The average Bonchev–Trinajstić information content (AvgIpc) is 3.37. The van der Waals surface area contributed by atoms with Gasteiger partial charge in [0.1, 0.15) is 12.3 Å². The monoisotopic (exact) mass is 478 g/mol. The highest BCUT2D eigenvalue weighted by molar-refractivity contribution is 5.92. The van der Waals surface area contributed by atoms with Crippen molar-refractivity contribution in [2.24, 2.45) is 7.05 Å². The molecular weight excluding hydrogens is 452 g/mol. The Morgan fingerprint density at radius 1 is 1.03 bits per heavy atom. The van der Waals surface area contributed by atoms with E-state index in [1.165, 1.54) is 28.9 Å². The number of fused-ring (bicyclic) bond motifs is 3. The van der Waals surface area contributed by atoms with Gasteiger partial charge >= 0.3 is 12.1 Å². The van der Waals surface area contributed by atoms with Gasteiger partial charge in [-0.05, 0) is 22.3 Å². The van der Waals surface area contributed by atoms with Crippen molar-refractivity contribution in [2.75, 3.05) is 31.7 Å². The van der Waals surface area contributed by atoms with E-state index >= 15 is 0 Å². The molecule has 0 aliphatic heterocycles. The lowest BCUT2D eigenvalue weighted by Gasteiger charge is -2.14. The summed E-state index contributed by atoms with van der Waals surface area (Å²) in [6, 6.07) is 17.5. The summed E-state index contributed by atoms with van der Waals surface area (Å²) in [5.74, 6) is -1.34. The molecule has 2 aromatic carbocycles. The molecule has 2 amide bonds. The third-order valence-electron chi connectivity index (χ3n) is 5.70. The molecule has 0 spiro atoms. The second kappa shape index (κ2) is 10.8. The van der Waals surface area contributed by atoms with Crippen LogP contribution in [-0.4, -0.2) is 59.2 Å². The lowest BCUT2D eigenvalue weighted by molar-refractivity contribution is -0.117. The zero-order valence-corrected chi connectivity index (χ0v) is 19.2. The number of benzene rings is 2. The van der Waals surface area contributed by atoms with Crippen LogP contribution in [0.5, 0.6) is 0 Å². The van der Waals surface area contributed by atoms with E-state index in [2.05, 4.69) is 40.0 Å². The molecule has 0 fully saturated rings. The summed E-state index contributed by atoms with van der Waals surface area (Å²) in [7, 11) is 1.48. The highest BCUT2D eigenvalue weighted by Gasteiger charge is 2.28. The number of anilines is 1. The van der Waals surface area contributed by atoms with Crippen LogP contribution >= 0.6 is 0 Å². The first-order valence-corrected chi connectivity index (χ1v) is 11.2. The Labute approximate surface area is 201 Å². The van der Waals surface area contributed by atoms with Gasteiger partial charge in [0, 0.05) is 25.6 Å². The highest BCUT2D eigenvalue weighted by atomic mass is 16.5. The third kappa shape index (κ3) is 5.67. The Hall–Kier alpha value is -4.18. The normalized spacial score (nSPS) is 12.0. The smallest absolute Gasteiger partial charge is 0.407 e. The summed E-state index contributed by atoms with van der Waals surface area (Å²) in [5.41, 5.74) is 4.59. The Kier molecular flexibility index (Phi) is 7.41. The third-order valence-corrected chi connectivity index (χ3v) is 5.70. The molecule has 10 nitrogen and oxygen atoms in total. The maximum Gasteiger partial charge on any atom is 0.407 e. The summed E-state index contributed by atoms with van der Waals surface area (Å²) in [4.78, 5) is 35.1. The number of hydrogen-bond donors (Lipinski definition) is 3. The van der Waals surface area contributed by atoms with Gasteiger partial charge in [0.15, 0.2) is 5.82 Å². The second-order valence-corrected chi connectivity index (χ2v) is 8.01. The number of carboxylic acid groups (broad SMARTS) is 1. The van der Waals surface area contributed by atoms with Crippen molar-refractivity contribution in [1.82, 2.24) is 15.1 Å². The number of carboxylic acids is 1. The Morgan fingerprint density at radius 2 is 1.69 bits per heavy atom. The molecule has 1 heterocycles. The lowest BCUT2D eigenvalue weighted by Crippen LogP contribution is -2.29. The molecule has 0 saturated heterocycles. The Morgan fingerprint density at radius 3 is 2.31 bits per heavy atom. The van der Waals surface area contributed by atoms with Crippen molar-refractivity contribution < 1.29 is 29.0 Å². The second-order valence-electron chi connectivity index (χ2n) is 8.01. The molecule has 0 radical (unpaired) electrons. The van der Waals surface area contributed by atoms with E-state index in [0.717, 1.165) is 11.1 Å². The largest absolute Gasteiger partial charge is 0.477 e. The summed E-state index contributed by atoms with van der Waals surface area (Å²) >= 11 is 0. The molecule has 3 aromatic rings. The van der Waals surface area contributed by atoms with Crippen LogP contribution in [0, 0.1) is 0 Å². The zero-order valence-electron chi connectivity index (χ0n) is 19.2. The van der Waals surface area contributed by atoms with Gasteiger partial charge in [-0.1, -0.05) is 48.5 Å². The predicted molar refractivity (Wildman–Crippen MR) is 127 cm³/mol. The molecule has 4 rings (SSSR count). The Balaban J connectivity index is 1.13. The SMILES string of the molecule is Cn1nc(NC(=O)CCOCCNC(=O)OCC2c3ccccc3-c3ccccc32)cc1C(=O)O. The van der Waals surface area contributed by atoms with Gasteiger partial charge in [0.05, 0.1) is 19.6 Å². The molecule has 35 heavy (non-hydrogen) atoms. The van der Waals surface area contributed by atoms with E-state index in [1.54, 1.807) is 0 Å². The molecule has 1 aliphatic rings. The number of aromatic carboxylic acids is 1. The highest BCUT2D eigenvalue weighted by Crippen LogP contribution is 2.44. The topological polar surface area (TPSA) is 132 Å². The molecule has 0 bridgehead atoms. The summed E-state index contributed by atoms with van der Waals surface area (Å²) < 4.78 is 12.0. The molecule has 3 N–H and O–H groups in total. The van der Waals surface area contributed by atoms with Crippen LogP contribution in [0.25, 0.3) is 11.1 Å². The average molecular weight is 479 g/mol. The van der Waals surface area contributed by atoms with Crippen molar-refractivity contribution >= 4 is 23.8 Å². The molecule has 0 atom stereocenters. The molecule has 10 heteroatoms. The van der Waals surface area contributed by atoms with Crippen LogP contribution in [0.4, 0.5) is 10.6 Å². The number of alkyl carbamates (subject to hydrolysis) is 1. The molecule has 1 aromatic heterocycles. The number of aryl methyl sites for hydroxylation is 1. The number of amides is 2. The fourth-order valence-corrected chi connectivity index (χ4v) is 4.08. The first-order valence-electron chi connectivity index (χ1n) is 11.2. The number of nitrogens with one attached hydrogen (secondary N) is 2. The molecule has 0 unspecified atom stereocenters. The van der Waals surface area contributed by atoms with Gasteiger partial charge in [-0.15, -0.1) is 0 Å². The minimum Gasteiger partial charge on any atom is -0.477 e. The van der Waals surface area contributed by atoms with E-state index in [0.29, 0.717) is 0 Å². The first kappa shape index (κ1) is 24.0. The number of nitrogens with zero attached hydrogens (tertiary/aromatic N) is 2. The van der Waals surface area contributed by atoms with Gasteiger partial charge in [0.25, 0.3) is 0 Å². The molecular formula is C25H26N4O6. The van der Waals surface area contributed by atoms with Crippen molar-refractivity contribution in [3.63, 3.8) is 0 Å². The molecule has 1 aliphatic carbocycles. The number of hydrogen-bond acceptors (Lipinski definition) is 6. The van der Waals surface area contributed by atoms with E-state index in [9.17, 15) is 14.4 Å². The number of carbonyl (C=O) groups excluding carboxylic acids is 2. The van der Waals surface area contributed by atoms with Crippen LogP contribution in [0.3, 0.4) is 0 Å². The van der Waals surface area contributed by atoms with Crippen LogP contribution in [-0.2, 0) is 21.3 Å². The van der Waals surface area contributed by atoms with Crippen molar-refractivity contribution in [3.05, 3.63) is 71.4 Å². The van der Waals surface area contributed by atoms with Gasteiger partial charge in [-0.3, -0.25) is 9.48 Å². The van der Waals surface area contributed by atoms with Gasteiger partial charge in [0.2, 0.25) is 5.91 Å². The van der Waals surface area contributed by atoms with E-state index in [1.807, 2.05) is 24.3 Å². The van der Waals surface area contributed by atoms with Crippen LogP contribution < -0.4 is 10.6 Å². The summed E-state index contributed by atoms with van der Waals surface area (Å²) in [6.07, 6.45) is -0.471.